The standard InChI is InChI=1S/C9H12ClN3S/c10-7-4-12-9(13-5-7)14-8-2-1-3-11-6-8/h4-5,8,11H,1-3,6H2. The molecule has 3 nitrogen and oxygen atoms in total. The van der Waals surface area contributed by atoms with Crippen LogP contribution in [0.1, 0.15) is 12.8 Å². The topological polar surface area (TPSA) is 37.8 Å². The maximum atomic E-state index is 5.71. The summed E-state index contributed by atoms with van der Waals surface area (Å²) in [4.78, 5) is 8.33. The Hall–Kier alpha value is -0.320. The van der Waals surface area contributed by atoms with Gasteiger partial charge in [-0.1, -0.05) is 23.4 Å². The molecule has 1 aromatic heterocycles. The Labute approximate surface area is 92.7 Å². The Kier molecular flexibility index (Phi) is 3.61. The van der Waals surface area contributed by atoms with Crippen molar-refractivity contribution in [2.75, 3.05) is 13.1 Å². The molecule has 5 heteroatoms. The zero-order valence-electron chi connectivity index (χ0n) is 7.74. The van der Waals surface area contributed by atoms with Gasteiger partial charge < -0.3 is 5.32 Å². The van der Waals surface area contributed by atoms with E-state index in [0.717, 1.165) is 18.2 Å². The highest BCUT2D eigenvalue weighted by molar-refractivity contribution is 7.99. The number of nitrogens with zero attached hydrogens (tertiary/aromatic N) is 2. The van der Waals surface area contributed by atoms with Gasteiger partial charge in [0.2, 0.25) is 0 Å². The van der Waals surface area contributed by atoms with Gasteiger partial charge in [-0.15, -0.1) is 0 Å². The van der Waals surface area contributed by atoms with Crippen molar-refractivity contribution in [2.24, 2.45) is 0 Å². The number of nitrogens with one attached hydrogen (secondary N) is 1. The van der Waals surface area contributed by atoms with Crippen LogP contribution in [-0.4, -0.2) is 28.3 Å². The molecule has 1 unspecified atom stereocenters. The Bertz CT molecular complexity index is 285. The maximum Gasteiger partial charge on any atom is 0.187 e. The Morgan fingerprint density at radius 2 is 2.21 bits per heavy atom. The molecule has 0 spiro atoms. The van der Waals surface area contributed by atoms with Gasteiger partial charge >= 0.3 is 0 Å². The summed E-state index contributed by atoms with van der Waals surface area (Å²) >= 11 is 7.44. The molecule has 0 amide bonds. The predicted octanol–water partition coefficient (Wildman–Crippen LogP) is 1.97. The van der Waals surface area contributed by atoms with Crippen LogP contribution in [0.3, 0.4) is 0 Å². The van der Waals surface area contributed by atoms with E-state index >= 15 is 0 Å². The lowest BCUT2D eigenvalue weighted by atomic mass is 10.2. The van der Waals surface area contributed by atoms with E-state index in [2.05, 4.69) is 15.3 Å². The lowest BCUT2D eigenvalue weighted by Crippen LogP contribution is -2.31. The van der Waals surface area contributed by atoms with Gasteiger partial charge in [-0.3, -0.25) is 0 Å². The van der Waals surface area contributed by atoms with E-state index in [1.165, 1.54) is 12.8 Å². The molecule has 0 radical (unpaired) electrons. The summed E-state index contributed by atoms with van der Waals surface area (Å²) in [6.45, 7) is 2.19. The van der Waals surface area contributed by atoms with Crippen molar-refractivity contribution in [1.29, 1.82) is 0 Å². The van der Waals surface area contributed by atoms with Crippen molar-refractivity contribution in [1.82, 2.24) is 15.3 Å². The molecule has 0 aromatic carbocycles. The van der Waals surface area contributed by atoms with Gasteiger partial charge in [0.15, 0.2) is 5.16 Å². The first-order chi connectivity index (χ1) is 6.84. The van der Waals surface area contributed by atoms with E-state index in [0.29, 0.717) is 10.3 Å². The zero-order valence-corrected chi connectivity index (χ0v) is 9.31. The van der Waals surface area contributed by atoms with Gasteiger partial charge in [0, 0.05) is 11.8 Å². The Morgan fingerprint density at radius 1 is 1.43 bits per heavy atom. The monoisotopic (exact) mass is 229 g/mol. The smallest absolute Gasteiger partial charge is 0.187 e. The highest BCUT2D eigenvalue weighted by Crippen LogP contribution is 2.24. The molecule has 1 saturated heterocycles. The third kappa shape index (κ3) is 2.83. The fourth-order valence-electron chi connectivity index (χ4n) is 1.43. The van der Waals surface area contributed by atoms with Crippen molar-refractivity contribution in [2.45, 2.75) is 23.2 Å². The minimum atomic E-state index is 0.594. The number of thioether (sulfide) groups is 1. The molecular formula is C9H12ClN3S. The minimum absolute atomic E-state index is 0.594. The summed E-state index contributed by atoms with van der Waals surface area (Å²) in [5.74, 6) is 0. The minimum Gasteiger partial charge on any atom is -0.316 e. The summed E-state index contributed by atoms with van der Waals surface area (Å²) < 4.78 is 0. The van der Waals surface area contributed by atoms with Crippen LogP contribution in [0.2, 0.25) is 5.02 Å². The number of rotatable bonds is 2. The van der Waals surface area contributed by atoms with Crippen molar-refractivity contribution >= 4 is 23.4 Å². The second-order valence-corrected chi connectivity index (χ2v) is 4.97. The van der Waals surface area contributed by atoms with E-state index in [4.69, 9.17) is 11.6 Å². The molecule has 0 saturated carbocycles. The average Bonchev–Trinajstić information content (AvgIpc) is 2.23. The van der Waals surface area contributed by atoms with Gasteiger partial charge in [0.25, 0.3) is 0 Å². The quantitative estimate of drug-likeness (QED) is 0.787. The first-order valence-corrected chi connectivity index (χ1v) is 5.95. The van der Waals surface area contributed by atoms with E-state index in [1.54, 1.807) is 24.2 Å². The molecule has 14 heavy (non-hydrogen) atoms. The van der Waals surface area contributed by atoms with Gasteiger partial charge in [-0.2, -0.15) is 0 Å². The molecule has 2 heterocycles. The molecule has 1 fully saturated rings. The summed E-state index contributed by atoms with van der Waals surface area (Å²) in [6, 6.07) is 0. The summed E-state index contributed by atoms with van der Waals surface area (Å²) in [7, 11) is 0. The van der Waals surface area contributed by atoms with Crippen molar-refractivity contribution in [3.63, 3.8) is 0 Å². The van der Waals surface area contributed by atoms with Gasteiger partial charge in [0.1, 0.15) is 0 Å². The van der Waals surface area contributed by atoms with Crippen LogP contribution in [0.25, 0.3) is 0 Å². The average molecular weight is 230 g/mol. The highest BCUT2D eigenvalue weighted by atomic mass is 35.5. The fraction of sp³-hybridized carbons (Fsp3) is 0.556. The summed E-state index contributed by atoms with van der Waals surface area (Å²) in [6.07, 6.45) is 5.77. The summed E-state index contributed by atoms with van der Waals surface area (Å²) in [5.41, 5.74) is 0. The van der Waals surface area contributed by atoms with Crippen LogP contribution in [0.4, 0.5) is 0 Å². The van der Waals surface area contributed by atoms with E-state index in [1.807, 2.05) is 0 Å². The van der Waals surface area contributed by atoms with Crippen LogP contribution >= 0.6 is 23.4 Å². The normalized spacial score (nSPS) is 22.2. The largest absolute Gasteiger partial charge is 0.316 e. The third-order valence-electron chi connectivity index (χ3n) is 2.12. The van der Waals surface area contributed by atoms with Crippen molar-refractivity contribution < 1.29 is 0 Å². The summed E-state index contributed by atoms with van der Waals surface area (Å²) in [5, 5.41) is 5.38. The van der Waals surface area contributed by atoms with Gasteiger partial charge in [-0.25, -0.2) is 9.97 Å². The van der Waals surface area contributed by atoms with Crippen LogP contribution in [-0.2, 0) is 0 Å². The third-order valence-corrected chi connectivity index (χ3v) is 3.47. The van der Waals surface area contributed by atoms with Crippen LogP contribution in [0, 0.1) is 0 Å². The molecule has 1 aromatic rings. The van der Waals surface area contributed by atoms with Crippen molar-refractivity contribution in [3.8, 4) is 0 Å². The molecule has 1 aliphatic heterocycles. The van der Waals surface area contributed by atoms with Crippen LogP contribution in [0.15, 0.2) is 17.6 Å². The number of hydrogen-bond acceptors (Lipinski definition) is 4. The Morgan fingerprint density at radius 3 is 2.86 bits per heavy atom. The molecule has 2 rings (SSSR count). The molecule has 1 N–H and O–H groups in total. The van der Waals surface area contributed by atoms with Crippen molar-refractivity contribution in [3.05, 3.63) is 17.4 Å². The fourth-order valence-corrected chi connectivity index (χ4v) is 2.54. The van der Waals surface area contributed by atoms with Crippen LogP contribution in [0.5, 0.6) is 0 Å². The highest BCUT2D eigenvalue weighted by Gasteiger charge is 2.15. The Balaban J connectivity index is 1.92. The molecule has 1 atom stereocenters. The zero-order chi connectivity index (χ0) is 9.80. The van der Waals surface area contributed by atoms with E-state index in [9.17, 15) is 0 Å². The second-order valence-electron chi connectivity index (χ2n) is 3.27. The molecule has 1 aliphatic rings. The first kappa shape index (κ1) is 10.2. The van der Waals surface area contributed by atoms with Gasteiger partial charge in [-0.05, 0) is 19.4 Å². The van der Waals surface area contributed by atoms with Crippen LogP contribution < -0.4 is 5.32 Å². The van der Waals surface area contributed by atoms with E-state index < -0.39 is 0 Å². The lowest BCUT2D eigenvalue weighted by Gasteiger charge is -2.21. The maximum absolute atomic E-state index is 5.71. The number of hydrogen-bond donors (Lipinski definition) is 1. The number of aromatic nitrogens is 2. The molecular weight excluding hydrogens is 218 g/mol. The number of piperidine rings is 1. The molecule has 0 bridgehead atoms. The molecule has 0 aliphatic carbocycles. The van der Waals surface area contributed by atoms with E-state index in [-0.39, 0.29) is 0 Å². The number of halogens is 1. The second kappa shape index (κ2) is 4.96. The molecule has 76 valence electrons. The predicted molar refractivity (Wildman–Crippen MR) is 58.8 cm³/mol. The first-order valence-electron chi connectivity index (χ1n) is 4.69. The van der Waals surface area contributed by atoms with Gasteiger partial charge in [0.05, 0.1) is 17.4 Å². The lowest BCUT2D eigenvalue weighted by molar-refractivity contribution is 0.530. The SMILES string of the molecule is Clc1cnc(SC2CCCNC2)nc1.